The molecule has 21 heavy (non-hydrogen) atoms. The molecule has 1 aliphatic carbocycles. The van der Waals surface area contributed by atoms with E-state index in [9.17, 15) is 19.5 Å². The summed E-state index contributed by atoms with van der Waals surface area (Å²) in [6.45, 7) is -0.236. The summed E-state index contributed by atoms with van der Waals surface area (Å²) >= 11 is 0. The van der Waals surface area contributed by atoms with E-state index in [1.165, 1.54) is 18.2 Å². The smallest absolute Gasteiger partial charge is 0.198 e. The van der Waals surface area contributed by atoms with Crippen LogP contribution in [-0.4, -0.2) is 29.6 Å². The highest BCUT2D eigenvalue weighted by Gasteiger charge is 2.34. The summed E-state index contributed by atoms with van der Waals surface area (Å²) in [5.74, 6) is -1.01. The molecule has 1 aliphatic rings. The highest BCUT2D eigenvalue weighted by atomic mass is 16.5. The Labute approximate surface area is 119 Å². The van der Waals surface area contributed by atoms with Gasteiger partial charge in [0.1, 0.15) is 18.1 Å². The molecule has 0 aromatic heterocycles. The molecule has 0 aliphatic heterocycles. The molecule has 0 saturated heterocycles. The molecule has 5 nitrogen and oxygen atoms in total. The lowest BCUT2D eigenvalue weighted by Gasteiger charge is -2.20. The van der Waals surface area contributed by atoms with E-state index in [0.717, 1.165) is 0 Å². The highest BCUT2D eigenvalue weighted by molar-refractivity contribution is 6.30. The molecule has 3 rings (SSSR count). The van der Waals surface area contributed by atoms with E-state index in [1.54, 1.807) is 18.2 Å². The first-order chi connectivity index (χ1) is 10.1. The van der Waals surface area contributed by atoms with Crippen LogP contribution >= 0.6 is 0 Å². The van der Waals surface area contributed by atoms with Crippen molar-refractivity contribution in [1.82, 2.24) is 0 Å². The Bertz CT molecular complexity index is 776. The first kappa shape index (κ1) is 13.1. The number of benzene rings is 2. The molecule has 0 fully saturated rings. The third-order valence-corrected chi connectivity index (χ3v) is 3.32. The molecule has 1 N–H and O–H groups in total. The Morgan fingerprint density at radius 2 is 1.57 bits per heavy atom. The van der Waals surface area contributed by atoms with Crippen molar-refractivity contribution in [2.45, 2.75) is 0 Å². The third-order valence-electron chi connectivity index (χ3n) is 3.32. The zero-order chi connectivity index (χ0) is 15.0. The van der Waals surface area contributed by atoms with Crippen LogP contribution < -0.4 is 4.74 Å². The van der Waals surface area contributed by atoms with Crippen molar-refractivity contribution in [2.24, 2.45) is 0 Å². The number of ketones is 2. The van der Waals surface area contributed by atoms with Crippen molar-refractivity contribution in [2.75, 3.05) is 6.61 Å². The molecular weight excluding hydrogens is 272 g/mol. The molecule has 0 atom stereocenters. The SMILES string of the molecule is O=CCOc1ccc(O)c2c1C(=O)c1ccccc1C2=O. The van der Waals surface area contributed by atoms with Gasteiger partial charge in [-0.05, 0) is 12.1 Å². The lowest BCUT2D eigenvalue weighted by atomic mass is 9.83. The predicted octanol–water partition coefficient (Wildman–Crippen LogP) is 1.75. The van der Waals surface area contributed by atoms with Crippen LogP contribution in [0.3, 0.4) is 0 Å². The number of aromatic hydroxyl groups is 1. The van der Waals surface area contributed by atoms with Gasteiger partial charge in [-0.15, -0.1) is 0 Å². The molecule has 104 valence electrons. The summed E-state index contributed by atoms with van der Waals surface area (Å²) in [5, 5.41) is 9.92. The third kappa shape index (κ3) is 1.90. The lowest BCUT2D eigenvalue weighted by Crippen LogP contribution is -2.22. The van der Waals surface area contributed by atoms with Gasteiger partial charge in [0.15, 0.2) is 17.9 Å². The van der Waals surface area contributed by atoms with Crippen molar-refractivity contribution in [1.29, 1.82) is 0 Å². The normalized spacial score (nSPS) is 12.6. The lowest BCUT2D eigenvalue weighted by molar-refractivity contribution is -0.109. The summed E-state index contributed by atoms with van der Waals surface area (Å²) in [5.41, 5.74) is 0.428. The second-order valence-corrected chi connectivity index (χ2v) is 4.51. The first-order valence-electron chi connectivity index (χ1n) is 6.26. The molecule has 2 aromatic rings. The Hall–Kier alpha value is -2.95. The van der Waals surface area contributed by atoms with Crippen molar-refractivity contribution >= 4 is 17.9 Å². The Morgan fingerprint density at radius 1 is 0.952 bits per heavy atom. The number of fused-ring (bicyclic) bond motifs is 2. The van der Waals surface area contributed by atoms with E-state index < -0.39 is 11.6 Å². The number of hydrogen-bond acceptors (Lipinski definition) is 5. The number of aldehydes is 1. The van der Waals surface area contributed by atoms with Crippen LogP contribution in [0.1, 0.15) is 31.8 Å². The fraction of sp³-hybridized carbons (Fsp3) is 0.0625. The van der Waals surface area contributed by atoms with E-state index in [-0.39, 0.29) is 40.4 Å². The van der Waals surface area contributed by atoms with Crippen LogP contribution in [0.2, 0.25) is 0 Å². The number of carbonyl (C=O) groups is 3. The van der Waals surface area contributed by atoms with Gasteiger partial charge in [-0.25, -0.2) is 0 Å². The van der Waals surface area contributed by atoms with E-state index in [4.69, 9.17) is 4.74 Å². The molecule has 0 spiro atoms. The predicted molar refractivity (Wildman–Crippen MR) is 73.0 cm³/mol. The number of ether oxygens (including phenoxy) is 1. The minimum Gasteiger partial charge on any atom is -0.507 e. The Kier molecular flexibility index (Phi) is 3.02. The van der Waals surface area contributed by atoms with Crippen LogP contribution in [0.4, 0.5) is 0 Å². The van der Waals surface area contributed by atoms with Crippen molar-refractivity contribution in [3.05, 3.63) is 58.7 Å². The standard InChI is InChI=1S/C16H10O5/c17-7-8-21-12-6-5-11(18)13-14(12)16(20)10-4-2-1-3-9(10)15(13)19/h1-7,18H,8H2. The fourth-order valence-electron chi connectivity index (χ4n) is 2.42. The van der Waals surface area contributed by atoms with Gasteiger partial charge in [-0.1, -0.05) is 24.3 Å². The number of carbonyl (C=O) groups excluding carboxylic acids is 3. The average molecular weight is 282 g/mol. The maximum absolute atomic E-state index is 12.6. The van der Waals surface area contributed by atoms with Crippen molar-refractivity contribution in [3.8, 4) is 11.5 Å². The van der Waals surface area contributed by atoms with Gasteiger partial charge in [-0.3, -0.25) is 14.4 Å². The monoisotopic (exact) mass is 282 g/mol. The molecule has 2 aromatic carbocycles. The van der Waals surface area contributed by atoms with E-state index >= 15 is 0 Å². The fourth-order valence-corrected chi connectivity index (χ4v) is 2.42. The molecule has 0 saturated carbocycles. The molecule has 0 unspecified atom stereocenters. The number of phenolic OH excluding ortho intramolecular Hbond substituents is 1. The van der Waals surface area contributed by atoms with E-state index in [2.05, 4.69) is 0 Å². The van der Waals surface area contributed by atoms with Gasteiger partial charge >= 0.3 is 0 Å². The minimum atomic E-state index is -0.436. The largest absolute Gasteiger partial charge is 0.507 e. The molecule has 0 amide bonds. The summed E-state index contributed by atoms with van der Waals surface area (Å²) < 4.78 is 5.19. The van der Waals surface area contributed by atoms with Crippen LogP contribution in [0.15, 0.2) is 36.4 Å². The van der Waals surface area contributed by atoms with Crippen molar-refractivity contribution in [3.63, 3.8) is 0 Å². The van der Waals surface area contributed by atoms with Gasteiger partial charge in [-0.2, -0.15) is 0 Å². The molecule has 0 radical (unpaired) electrons. The highest BCUT2D eigenvalue weighted by Crippen LogP contribution is 2.37. The maximum Gasteiger partial charge on any atom is 0.198 e. The van der Waals surface area contributed by atoms with Crippen molar-refractivity contribution < 1.29 is 24.2 Å². The zero-order valence-electron chi connectivity index (χ0n) is 10.8. The second kappa shape index (κ2) is 4.86. The average Bonchev–Trinajstić information content (AvgIpc) is 2.51. The summed E-state index contributed by atoms with van der Waals surface area (Å²) in [6.07, 6.45) is 0.544. The summed E-state index contributed by atoms with van der Waals surface area (Å²) in [4.78, 5) is 35.5. The number of phenols is 1. The Balaban J connectivity index is 2.26. The van der Waals surface area contributed by atoms with Gasteiger partial charge in [0.25, 0.3) is 0 Å². The van der Waals surface area contributed by atoms with Crippen LogP contribution in [-0.2, 0) is 4.79 Å². The minimum absolute atomic E-state index is 0.000509. The van der Waals surface area contributed by atoms with E-state index in [0.29, 0.717) is 6.29 Å². The number of hydrogen-bond donors (Lipinski definition) is 1. The van der Waals surface area contributed by atoms with Gasteiger partial charge in [0.05, 0.1) is 11.1 Å². The molecule has 0 bridgehead atoms. The van der Waals surface area contributed by atoms with Crippen LogP contribution in [0, 0.1) is 0 Å². The van der Waals surface area contributed by atoms with Gasteiger partial charge in [0.2, 0.25) is 0 Å². The number of rotatable bonds is 3. The van der Waals surface area contributed by atoms with E-state index in [1.807, 2.05) is 0 Å². The summed E-state index contributed by atoms with van der Waals surface area (Å²) in [7, 11) is 0. The summed E-state index contributed by atoms with van der Waals surface area (Å²) in [6, 6.07) is 9.04. The maximum atomic E-state index is 12.6. The van der Waals surface area contributed by atoms with Crippen LogP contribution in [0.5, 0.6) is 11.5 Å². The molecule has 0 heterocycles. The van der Waals surface area contributed by atoms with Gasteiger partial charge < -0.3 is 9.84 Å². The first-order valence-corrected chi connectivity index (χ1v) is 6.26. The second-order valence-electron chi connectivity index (χ2n) is 4.51. The quantitative estimate of drug-likeness (QED) is 0.740. The van der Waals surface area contributed by atoms with Gasteiger partial charge in [0, 0.05) is 11.1 Å². The Morgan fingerprint density at radius 3 is 2.19 bits per heavy atom. The topological polar surface area (TPSA) is 80.7 Å². The molecule has 5 heteroatoms. The molecular formula is C16H10O5. The van der Waals surface area contributed by atoms with Crippen LogP contribution in [0.25, 0.3) is 0 Å². The zero-order valence-corrected chi connectivity index (χ0v) is 10.8.